The Morgan fingerprint density at radius 1 is 1.53 bits per heavy atom. The molecule has 3 heterocycles. The molecule has 1 aromatic heterocycles. The van der Waals surface area contributed by atoms with Crippen LogP contribution in [-0.2, 0) is 16.0 Å². The molecular weight excluding hydrogens is 268 g/mol. The van der Waals surface area contributed by atoms with Crippen molar-refractivity contribution in [1.29, 1.82) is 0 Å². The van der Waals surface area contributed by atoms with E-state index in [1.807, 2.05) is 4.90 Å². The standard InChI is InChI=1S/C13H17ClN2O3/c1-9-10(12(14)19-15-9)6-11(17)16-4-2-13(7-16)3-5-18-8-13/h2-8H2,1H3. The minimum Gasteiger partial charge on any atom is -0.381 e. The van der Waals surface area contributed by atoms with Crippen LogP contribution in [-0.4, -0.2) is 42.3 Å². The van der Waals surface area contributed by atoms with E-state index in [0.717, 1.165) is 39.1 Å². The molecule has 2 fully saturated rings. The molecule has 1 spiro atoms. The largest absolute Gasteiger partial charge is 0.381 e. The predicted octanol–water partition coefficient (Wildman–Crippen LogP) is 1.82. The van der Waals surface area contributed by atoms with Gasteiger partial charge in [-0.3, -0.25) is 4.79 Å². The summed E-state index contributed by atoms with van der Waals surface area (Å²) in [5.74, 6) is 0.0944. The van der Waals surface area contributed by atoms with Crippen molar-refractivity contribution in [2.45, 2.75) is 26.2 Å². The lowest BCUT2D eigenvalue weighted by molar-refractivity contribution is -0.129. The summed E-state index contributed by atoms with van der Waals surface area (Å²) in [6.07, 6.45) is 2.37. The first kappa shape index (κ1) is 12.9. The number of aryl methyl sites for hydroxylation is 1. The molecule has 2 aliphatic rings. The highest BCUT2D eigenvalue weighted by Crippen LogP contribution is 2.38. The van der Waals surface area contributed by atoms with Gasteiger partial charge in [-0.2, -0.15) is 0 Å². The second-order valence-corrected chi connectivity index (χ2v) is 5.91. The maximum absolute atomic E-state index is 12.3. The Kier molecular flexibility index (Phi) is 3.27. The number of carbonyl (C=O) groups excluding carboxylic acids is 1. The third-order valence-corrected chi connectivity index (χ3v) is 4.54. The number of ether oxygens (including phenoxy) is 1. The zero-order valence-electron chi connectivity index (χ0n) is 10.9. The maximum atomic E-state index is 12.3. The first-order valence-corrected chi connectivity index (χ1v) is 6.94. The Hall–Kier alpha value is -1.07. The summed E-state index contributed by atoms with van der Waals surface area (Å²) < 4.78 is 10.3. The third-order valence-electron chi connectivity index (χ3n) is 4.24. The number of hydrogen-bond acceptors (Lipinski definition) is 4. The minimum atomic E-state index is 0.0944. The normalized spacial score (nSPS) is 26.5. The quantitative estimate of drug-likeness (QED) is 0.831. The van der Waals surface area contributed by atoms with Crippen LogP contribution < -0.4 is 0 Å². The Morgan fingerprint density at radius 3 is 3.00 bits per heavy atom. The number of amides is 1. The topological polar surface area (TPSA) is 55.6 Å². The van der Waals surface area contributed by atoms with Crippen LogP contribution in [0, 0.1) is 12.3 Å². The number of hydrogen-bond donors (Lipinski definition) is 0. The molecule has 1 unspecified atom stereocenters. The van der Waals surface area contributed by atoms with E-state index in [-0.39, 0.29) is 23.0 Å². The Labute approximate surface area is 116 Å². The number of halogens is 1. The van der Waals surface area contributed by atoms with Crippen molar-refractivity contribution in [3.8, 4) is 0 Å². The summed E-state index contributed by atoms with van der Waals surface area (Å²) in [7, 11) is 0. The molecule has 0 radical (unpaired) electrons. The van der Waals surface area contributed by atoms with Crippen LogP contribution in [0.15, 0.2) is 4.52 Å². The van der Waals surface area contributed by atoms with Crippen LogP contribution in [0.3, 0.4) is 0 Å². The highest BCUT2D eigenvalue weighted by molar-refractivity contribution is 6.29. The molecule has 3 rings (SSSR count). The molecule has 0 aliphatic carbocycles. The number of aromatic nitrogens is 1. The lowest BCUT2D eigenvalue weighted by atomic mass is 9.87. The van der Waals surface area contributed by atoms with Crippen LogP contribution >= 0.6 is 11.6 Å². The molecule has 0 aromatic carbocycles. The van der Waals surface area contributed by atoms with Crippen molar-refractivity contribution in [2.24, 2.45) is 5.41 Å². The van der Waals surface area contributed by atoms with Crippen molar-refractivity contribution < 1.29 is 14.1 Å². The molecule has 1 atom stereocenters. The Bertz CT molecular complexity index is 475. The smallest absolute Gasteiger partial charge is 0.229 e. The predicted molar refractivity (Wildman–Crippen MR) is 69.0 cm³/mol. The summed E-state index contributed by atoms with van der Waals surface area (Å²) in [6, 6.07) is 0. The SMILES string of the molecule is Cc1noc(Cl)c1CC(=O)N1CCC2(CCOC2)C1. The molecule has 104 valence electrons. The molecule has 1 amide bonds. The van der Waals surface area contributed by atoms with Gasteiger partial charge >= 0.3 is 0 Å². The van der Waals surface area contributed by atoms with Gasteiger partial charge in [-0.1, -0.05) is 5.16 Å². The first-order chi connectivity index (χ1) is 9.10. The van der Waals surface area contributed by atoms with Crippen molar-refractivity contribution in [1.82, 2.24) is 10.1 Å². The van der Waals surface area contributed by atoms with Gasteiger partial charge in [0.15, 0.2) is 0 Å². The average Bonchev–Trinajstić information content (AvgIpc) is 3.09. The van der Waals surface area contributed by atoms with Gasteiger partial charge in [0.25, 0.3) is 0 Å². The van der Waals surface area contributed by atoms with Gasteiger partial charge < -0.3 is 14.2 Å². The van der Waals surface area contributed by atoms with E-state index in [4.69, 9.17) is 20.9 Å². The number of rotatable bonds is 2. The summed E-state index contributed by atoms with van der Waals surface area (Å²) in [6.45, 7) is 5.01. The lowest BCUT2D eigenvalue weighted by Gasteiger charge is -2.21. The van der Waals surface area contributed by atoms with Crippen molar-refractivity contribution >= 4 is 17.5 Å². The van der Waals surface area contributed by atoms with E-state index < -0.39 is 0 Å². The monoisotopic (exact) mass is 284 g/mol. The fraction of sp³-hybridized carbons (Fsp3) is 0.692. The van der Waals surface area contributed by atoms with Gasteiger partial charge in [-0.05, 0) is 31.4 Å². The molecule has 0 bridgehead atoms. The van der Waals surface area contributed by atoms with Crippen molar-refractivity contribution in [3.63, 3.8) is 0 Å². The number of likely N-dealkylation sites (tertiary alicyclic amines) is 1. The fourth-order valence-electron chi connectivity index (χ4n) is 2.94. The molecule has 0 N–H and O–H groups in total. The van der Waals surface area contributed by atoms with Gasteiger partial charge in [0, 0.05) is 30.7 Å². The second-order valence-electron chi connectivity index (χ2n) is 5.56. The summed E-state index contributed by atoms with van der Waals surface area (Å²) in [5, 5.41) is 3.99. The average molecular weight is 285 g/mol. The van der Waals surface area contributed by atoms with E-state index in [9.17, 15) is 4.79 Å². The van der Waals surface area contributed by atoms with Crippen LogP contribution in [0.2, 0.25) is 5.22 Å². The number of nitrogens with zero attached hydrogens (tertiary/aromatic N) is 2. The van der Waals surface area contributed by atoms with Crippen LogP contribution in [0.5, 0.6) is 0 Å². The van der Waals surface area contributed by atoms with E-state index in [0.29, 0.717) is 11.3 Å². The molecule has 6 heteroatoms. The van der Waals surface area contributed by atoms with Gasteiger partial charge in [0.1, 0.15) is 0 Å². The summed E-state index contributed by atoms with van der Waals surface area (Å²) in [4.78, 5) is 14.2. The van der Waals surface area contributed by atoms with Gasteiger partial charge in [-0.25, -0.2) is 0 Å². The zero-order chi connectivity index (χ0) is 13.5. The molecule has 1 aromatic rings. The van der Waals surface area contributed by atoms with Gasteiger partial charge in [0.05, 0.1) is 18.7 Å². The third kappa shape index (κ3) is 2.37. The van der Waals surface area contributed by atoms with E-state index in [1.54, 1.807) is 6.92 Å². The summed E-state index contributed by atoms with van der Waals surface area (Å²) in [5.41, 5.74) is 1.59. The first-order valence-electron chi connectivity index (χ1n) is 6.56. The minimum absolute atomic E-state index is 0.0944. The van der Waals surface area contributed by atoms with E-state index in [2.05, 4.69) is 5.16 Å². The molecule has 19 heavy (non-hydrogen) atoms. The maximum Gasteiger partial charge on any atom is 0.229 e. The second kappa shape index (κ2) is 4.80. The van der Waals surface area contributed by atoms with Gasteiger partial charge in [0.2, 0.25) is 11.1 Å². The van der Waals surface area contributed by atoms with Crippen molar-refractivity contribution in [2.75, 3.05) is 26.3 Å². The molecule has 2 saturated heterocycles. The molecular formula is C13H17ClN2O3. The summed E-state index contributed by atoms with van der Waals surface area (Å²) >= 11 is 5.90. The Morgan fingerprint density at radius 2 is 2.37 bits per heavy atom. The molecule has 2 aliphatic heterocycles. The Balaban J connectivity index is 1.66. The van der Waals surface area contributed by atoms with Crippen molar-refractivity contribution in [3.05, 3.63) is 16.5 Å². The van der Waals surface area contributed by atoms with Gasteiger partial charge in [-0.15, -0.1) is 0 Å². The van der Waals surface area contributed by atoms with Crippen LogP contribution in [0.25, 0.3) is 0 Å². The van der Waals surface area contributed by atoms with E-state index >= 15 is 0 Å². The van der Waals surface area contributed by atoms with E-state index in [1.165, 1.54) is 0 Å². The zero-order valence-corrected chi connectivity index (χ0v) is 11.7. The molecule has 5 nitrogen and oxygen atoms in total. The highest BCUT2D eigenvalue weighted by Gasteiger charge is 2.42. The lowest BCUT2D eigenvalue weighted by Crippen LogP contribution is -2.33. The fourth-order valence-corrected chi connectivity index (χ4v) is 3.18. The number of carbonyl (C=O) groups is 1. The van der Waals surface area contributed by atoms with Crippen LogP contribution in [0.1, 0.15) is 24.1 Å². The highest BCUT2D eigenvalue weighted by atomic mass is 35.5. The molecule has 0 saturated carbocycles. The van der Waals surface area contributed by atoms with Crippen LogP contribution in [0.4, 0.5) is 0 Å².